The lowest BCUT2D eigenvalue weighted by Crippen LogP contribution is -2.06. The fourth-order valence-corrected chi connectivity index (χ4v) is 3.96. The van der Waals surface area contributed by atoms with Gasteiger partial charge in [-0.2, -0.15) is 5.11 Å². The van der Waals surface area contributed by atoms with Crippen molar-refractivity contribution in [3.63, 3.8) is 0 Å². The van der Waals surface area contributed by atoms with Gasteiger partial charge in [-0.25, -0.2) is 9.78 Å². The first-order valence-corrected chi connectivity index (χ1v) is 9.63. The second kappa shape index (κ2) is 7.70. The number of aromatic nitrogens is 1. The summed E-state index contributed by atoms with van der Waals surface area (Å²) >= 11 is 1.46. The molecule has 0 bridgehead atoms. The van der Waals surface area contributed by atoms with Crippen molar-refractivity contribution in [3.05, 3.63) is 83.9 Å². The number of rotatable bonds is 5. The molecular weight excluding hydrogens is 370 g/mol. The molecule has 0 radical (unpaired) electrons. The number of carbonyl (C=O) groups is 1. The Morgan fingerprint density at radius 3 is 2.50 bits per heavy atom. The Balaban J connectivity index is 1.75. The molecule has 0 fully saturated rings. The Morgan fingerprint density at radius 1 is 1.00 bits per heavy atom. The van der Waals surface area contributed by atoms with E-state index in [1.165, 1.54) is 11.3 Å². The molecule has 0 aliphatic heterocycles. The normalized spacial score (nSPS) is 12.5. The van der Waals surface area contributed by atoms with Crippen LogP contribution in [0, 0.1) is 0 Å². The lowest BCUT2D eigenvalue weighted by molar-refractivity contribution is 0.0695. The molecule has 1 N–H and O–H groups in total. The van der Waals surface area contributed by atoms with Gasteiger partial charge in [-0.15, -0.1) is 5.11 Å². The van der Waals surface area contributed by atoms with Crippen LogP contribution < -0.4 is 0 Å². The molecule has 4 rings (SSSR count). The van der Waals surface area contributed by atoms with Crippen molar-refractivity contribution >= 4 is 32.7 Å². The predicted molar refractivity (Wildman–Crippen MR) is 111 cm³/mol. The van der Waals surface area contributed by atoms with Gasteiger partial charge >= 0.3 is 5.97 Å². The van der Waals surface area contributed by atoms with Gasteiger partial charge < -0.3 is 5.11 Å². The number of hydrogen-bond acceptors (Lipinski definition) is 5. The van der Waals surface area contributed by atoms with Gasteiger partial charge in [-0.05, 0) is 36.2 Å². The Bertz CT molecular complexity index is 1140. The van der Waals surface area contributed by atoms with Crippen molar-refractivity contribution in [2.75, 3.05) is 0 Å². The minimum absolute atomic E-state index is 0.233. The lowest BCUT2D eigenvalue weighted by Gasteiger charge is -2.15. The van der Waals surface area contributed by atoms with E-state index in [1.807, 2.05) is 67.6 Å². The van der Waals surface area contributed by atoms with Crippen LogP contribution in [0.25, 0.3) is 21.3 Å². The Labute approximate surface area is 166 Å². The summed E-state index contributed by atoms with van der Waals surface area (Å²) in [6, 6.07) is 22.4. The van der Waals surface area contributed by atoms with E-state index in [-0.39, 0.29) is 5.56 Å². The average molecular weight is 387 g/mol. The van der Waals surface area contributed by atoms with E-state index in [0.29, 0.717) is 10.7 Å². The third-order valence-corrected chi connectivity index (χ3v) is 5.36. The summed E-state index contributed by atoms with van der Waals surface area (Å²) in [5.41, 5.74) is 3.55. The first kappa shape index (κ1) is 18.0. The number of benzene rings is 3. The highest BCUT2D eigenvalue weighted by atomic mass is 32.1. The first-order valence-electron chi connectivity index (χ1n) is 8.81. The van der Waals surface area contributed by atoms with Crippen molar-refractivity contribution in [1.82, 2.24) is 4.98 Å². The van der Waals surface area contributed by atoms with Crippen LogP contribution in [0.1, 0.15) is 28.9 Å². The fraction of sp³-hybridized carbons (Fsp3) is 0.0909. The van der Waals surface area contributed by atoms with E-state index in [4.69, 9.17) is 0 Å². The monoisotopic (exact) mass is 387 g/mol. The quantitative estimate of drug-likeness (QED) is 0.397. The number of aromatic carboxylic acids is 1. The average Bonchev–Trinajstić information content (AvgIpc) is 3.15. The van der Waals surface area contributed by atoms with Crippen LogP contribution >= 0.6 is 11.3 Å². The molecule has 0 aliphatic rings. The maximum Gasteiger partial charge on any atom is 0.336 e. The SMILES string of the molecule is CC(N=Nc1nc2ccccc2s1)c1c(C(=O)O)cccc1-c1ccccc1. The molecule has 1 heterocycles. The molecule has 0 amide bonds. The third-order valence-electron chi connectivity index (χ3n) is 4.44. The number of carboxylic acids is 1. The Kier molecular flexibility index (Phi) is 4.95. The van der Waals surface area contributed by atoms with Gasteiger partial charge in [0, 0.05) is 5.56 Å². The second-order valence-corrected chi connectivity index (χ2v) is 7.30. The van der Waals surface area contributed by atoms with Crippen LogP contribution in [-0.4, -0.2) is 16.1 Å². The van der Waals surface area contributed by atoms with Gasteiger partial charge in [0.05, 0.1) is 21.8 Å². The summed E-state index contributed by atoms with van der Waals surface area (Å²) in [7, 11) is 0. The summed E-state index contributed by atoms with van der Waals surface area (Å²) in [5.74, 6) is -0.977. The predicted octanol–water partition coefficient (Wildman–Crippen LogP) is 6.51. The van der Waals surface area contributed by atoms with Crippen molar-refractivity contribution < 1.29 is 9.90 Å². The lowest BCUT2D eigenvalue weighted by atomic mass is 9.91. The largest absolute Gasteiger partial charge is 0.478 e. The molecule has 1 unspecified atom stereocenters. The zero-order valence-corrected chi connectivity index (χ0v) is 15.9. The van der Waals surface area contributed by atoms with E-state index in [2.05, 4.69) is 15.2 Å². The molecule has 0 aliphatic carbocycles. The zero-order chi connectivity index (χ0) is 19.5. The van der Waals surface area contributed by atoms with Crippen molar-refractivity contribution in [3.8, 4) is 11.1 Å². The number of hydrogen-bond donors (Lipinski definition) is 1. The fourth-order valence-electron chi connectivity index (χ4n) is 3.17. The standard InChI is InChI=1S/C22H17N3O2S/c1-14(24-25-22-23-18-12-5-6-13-19(18)28-22)20-16(15-8-3-2-4-9-15)10-7-11-17(20)21(26)27/h2-14H,1H3,(H,26,27). The molecule has 6 heteroatoms. The number of carboxylic acid groups (broad SMARTS) is 1. The van der Waals surface area contributed by atoms with E-state index < -0.39 is 12.0 Å². The summed E-state index contributed by atoms with van der Waals surface area (Å²) < 4.78 is 1.04. The summed E-state index contributed by atoms with van der Waals surface area (Å²) in [6.07, 6.45) is 0. The molecule has 1 aromatic heterocycles. The van der Waals surface area contributed by atoms with Crippen molar-refractivity contribution in [1.29, 1.82) is 0 Å². The number of para-hydroxylation sites is 1. The second-order valence-electron chi connectivity index (χ2n) is 6.29. The van der Waals surface area contributed by atoms with Crippen LogP contribution in [0.15, 0.2) is 83.0 Å². The van der Waals surface area contributed by atoms with E-state index in [9.17, 15) is 9.90 Å². The summed E-state index contributed by atoms with van der Waals surface area (Å²) in [6.45, 7) is 1.85. The molecule has 3 aromatic carbocycles. The van der Waals surface area contributed by atoms with Gasteiger partial charge in [0.15, 0.2) is 0 Å². The maximum absolute atomic E-state index is 11.8. The summed E-state index contributed by atoms with van der Waals surface area (Å²) in [5, 5.41) is 18.9. The van der Waals surface area contributed by atoms with Crippen molar-refractivity contribution in [2.45, 2.75) is 13.0 Å². The Morgan fingerprint density at radius 2 is 1.75 bits per heavy atom. The minimum atomic E-state index is -0.977. The topological polar surface area (TPSA) is 74.9 Å². The third kappa shape index (κ3) is 3.54. The number of azo groups is 1. The maximum atomic E-state index is 11.8. The molecule has 5 nitrogen and oxygen atoms in total. The summed E-state index contributed by atoms with van der Waals surface area (Å²) in [4.78, 5) is 16.3. The van der Waals surface area contributed by atoms with Crippen LogP contribution in [0.4, 0.5) is 5.13 Å². The van der Waals surface area contributed by atoms with Crippen LogP contribution in [0.5, 0.6) is 0 Å². The van der Waals surface area contributed by atoms with Gasteiger partial charge in [0.2, 0.25) is 5.13 Å². The van der Waals surface area contributed by atoms with Gasteiger partial charge in [-0.1, -0.05) is 65.9 Å². The highest BCUT2D eigenvalue weighted by molar-refractivity contribution is 7.21. The molecule has 138 valence electrons. The highest BCUT2D eigenvalue weighted by Gasteiger charge is 2.20. The Hall–Kier alpha value is -3.38. The molecular formula is C22H17N3O2S. The van der Waals surface area contributed by atoms with Gasteiger partial charge in [0.1, 0.15) is 0 Å². The van der Waals surface area contributed by atoms with E-state index in [0.717, 1.165) is 21.3 Å². The van der Waals surface area contributed by atoms with Crippen molar-refractivity contribution in [2.24, 2.45) is 10.2 Å². The molecule has 4 aromatic rings. The molecule has 0 spiro atoms. The molecule has 28 heavy (non-hydrogen) atoms. The zero-order valence-electron chi connectivity index (χ0n) is 15.1. The van der Waals surface area contributed by atoms with Crippen LogP contribution in [0.3, 0.4) is 0 Å². The number of thiazole rings is 1. The van der Waals surface area contributed by atoms with Crippen LogP contribution in [0.2, 0.25) is 0 Å². The van der Waals surface area contributed by atoms with Gasteiger partial charge in [0.25, 0.3) is 0 Å². The van der Waals surface area contributed by atoms with Gasteiger partial charge in [-0.3, -0.25) is 0 Å². The smallest absolute Gasteiger partial charge is 0.336 e. The first-order chi connectivity index (χ1) is 13.6. The molecule has 1 atom stereocenters. The van der Waals surface area contributed by atoms with E-state index >= 15 is 0 Å². The molecule has 0 saturated carbocycles. The van der Waals surface area contributed by atoms with E-state index in [1.54, 1.807) is 12.1 Å². The highest BCUT2D eigenvalue weighted by Crippen LogP contribution is 2.35. The van der Waals surface area contributed by atoms with Crippen LogP contribution in [-0.2, 0) is 0 Å². The number of nitrogens with zero attached hydrogens (tertiary/aromatic N) is 3. The molecule has 0 saturated heterocycles. The minimum Gasteiger partial charge on any atom is -0.478 e. The number of fused-ring (bicyclic) bond motifs is 1.